The molecule has 0 bridgehead atoms. The summed E-state index contributed by atoms with van der Waals surface area (Å²) in [4.78, 5) is 0. The molecule has 0 amide bonds. The first kappa shape index (κ1) is 31.9. The molecule has 4 aromatic rings. The Bertz CT molecular complexity index is 1910. The lowest BCUT2D eigenvalue weighted by molar-refractivity contribution is 0.00316. The van der Waals surface area contributed by atoms with Crippen LogP contribution in [0.4, 0.5) is 0 Å². The van der Waals surface area contributed by atoms with Gasteiger partial charge in [0.25, 0.3) is 0 Å². The predicted octanol–water partition coefficient (Wildman–Crippen LogP) is 8.57. The van der Waals surface area contributed by atoms with Gasteiger partial charge >= 0.3 is 0 Å². The smallest absolute Gasteiger partial charge is 0.160 e. The number of aromatic hydroxyl groups is 4. The first-order valence-electron chi connectivity index (χ1n) is 16.4. The number of phenols is 4. The molecule has 1 saturated heterocycles. The third kappa shape index (κ3) is 5.15. The van der Waals surface area contributed by atoms with Gasteiger partial charge in [-0.05, 0) is 132 Å². The van der Waals surface area contributed by atoms with Crippen molar-refractivity contribution in [3.8, 4) is 34.5 Å². The Morgan fingerprint density at radius 2 is 1.21 bits per heavy atom. The molecule has 250 valence electrons. The molecule has 2 heterocycles. The maximum atomic E-state index is 10.9. The number of benzene rings is 4. The highest BCUT2D eigenvalue weighted by molar-refractivity contribution is 5.50. The quantitative estimate of drug-likeness (QED) is 0.153. The van der Waals surface area contributed by atoms with Crippen LogP contribution in [0, 0.1) is 25.2 Å². The third-order valence-electron chi connectivity index (χ3n) is 10.9. The molecule has 0 aromatic heterocycles. The van der Waals surface area contributed by atoms with Crippen molar-refractivity contribution in [3.05, 3.63) is 117 Å². The summed E-state index contributed by atoms with van der Waals surface area (Å²) in [6, 6.07) is 22.2. The summed E-state index contributed by atoms with van der Waals surface area (Å²) in [5.41, 5.74) is 7.31. The lowest BCUT2D eigenvalue weighted by atomic mass is 9.59. The summed E-state index contributed by atoms with van der Waals surface area (Å²) in [7, 11) is 3.07. The second-order valence-electron chi connectivity index (χ2n) is 13.5. The minimum atomic E-state index is -0.405. The Morgan fingerprint density at radius 1 is 0.625 bits per heavy atom. The number of rotatable bonds is 6. The third-order valence-corrected chi connectivity index (χ3v) is 10.9. The van der Waals surface area contributed by atoms with E-state index in [4.69, 9.17) is 18.9 Å². The van der Waals surface area contributed by atoms with Gasteiger partial charge in [0.2, 0.25) is 0 Å². The average molecular weight is 651 g/mol. The zero-order chi connectivity index (χ0) is 33.9. The van der Waals surface area contributed by atoms with E-state index in [1.807, 2.05) is 56.3 Å². The molecule has 7 rings (SSSR count). The summed E-state index contributed by atoms with van der Waals surface area (Å²) in [5.74, 6) is 1.43. The van der Waals surface area contributed by atoms with Crippen LogP contribution < -0.4 is 9.47 Å². The first-order valence-corrected chi connectivity index (χ1v) is 16.4. The fraction of sp³-hybridized carbons (Fsp3) is 0.350. The van der Waals surface area contributed by atoms with Gasteiger partial charge in [0, 0.05) is 5.41 Å². The van der Waals surface area contributed by atoms with Gasteiger partial charge in [0.05, 0.1) is 26.4 Å². The van der Waals surface area contributed by atoms with Crippen LogP contribution in [0.2, 0.25) is 0 Å². The molecule has 8 nitrogen and oxygen atoms in total. The van der Waals surface area contributed by atoms with Crippen molar-refractivity contribution >= 4 is 0 Å². The molecule has 4 N–H and O–H groups in total. The summed E-state index contributed by atoms with van der Waals surface area (Å²) in [6.45, 7) is 6.03. The van der Waals surface area contributed by atoms with Gasteiger partial charge in [0.1, 0.15) is 23.7 Å². The van der Waals surface area contributed by atoms with Crippen molar-refractivity contribution < 1.29 is 39.4 Å². The topological polar surface area (TPSA) is 118 Å². The Kier molecular flexibility index (Phi) is 8.04. The van der Waals surface area contributed by atoms with Crippen molar-refractivity contribution in [1.82, 2.24) is 0 Å². The molecular weight excluding hydrogens is 608 g/mol. The van der Waals surface area contributed by atoms with E-state index in [0.717, 1.165) is 46.2 Å². The molecule has 1 spiro atoms. The number of aryl methyl sites for hydroxylation is 2. The van der Waals surface area contributed by atoms with Crippen LogP contribution in [0.1, 0.15) is 84.0 Å². The largest absolute Gasteiger partial charge is 0.508 e. The molecular formula is C40H42O8. The van der Waals surface area contributed by atoms with Gasteiger partial charge in [-0.25, -0.2) is 0 Å². The molecule has 0 saturated carbocycles. The maximum absolute atomic E-state index is 10.9. The zero-order valence-corrected chi connectivity index (χ0v) is 27.9. The monoisotopic (exact) mass is 650 g/mol. The van der Waals surface area contributed by atoms with Crippen LogP contribution in [0.15, 0.2) is 83.9 Å². The SMILES string of the molecule is COc1ccc([C@@H]2O[C@H](c3ccc(O)c(C)c3)[C@@H](C)[C@@]23CCC2=C(C3)[C@@H](c3ccc(O)c(OC)c3)O[C@H]2c2ccc(O)c(C)c2)cc1O. The average Bonchev–Trinajstić information content (AvgIpc) is 3.59. The molecule has 3 aliphatic rings. The fourth-order valence-corrected chi connectivity index (χ4v) is 8.26. The van der Waals surface area contributed by atoms with Crippen LogP contribution in [0.25, 0.3) is 0 Å². The van der Waals surface area contributed by atoms with E-state index in [1.165, 1.54) is 25.4 Å². The van der Waals surface area contributed by atoms with Gasteiger partial charge in [-0.2, -0.15) is 0 Å². The first-order chi connectivity index (χ1) is 23.0. The molecule has 1 fully saturated rings. The highest BCUT2D eigenvalue weighted by Gasteiger charge is 2.58. The second-order valence-corrected chi connectivity index (χ2v) is 13.5. The molecule has 0 radical (unpaired) electrons. The van der Waals surface area contributed by atoms with E-state index in [2.05, 4.69) is 6.92 Å². The van der Waals surface area contributed by atoms with Crippen LogP contribution in [0.3, 0.4) is 0 Å². The van der Waals surface area contributed by atoms with Crippen LogP contribution in [0.5, 0.6) is 34.5 Å². The van der Waals surface area contributed by atoms with Crippen LogP contribution >= 0.6 is 0 Å². The second kappa shape index (κ2) is 12.1. The van der Waals surface area contributed by atoms with E-state index < -0.39 is 6.10 Å². The van der Waals surface area contributed by atoms with Crippen molar-refractivity contribution in [1.29, 1.82) is 0 Å². The molecule has 2 aliphatic heterocycles. The number of ether oxygens (including phenoxy) is 4. The zero-order valence-electron chi connectivity index (χ0n) is 27.9. The maximum Gasteiger partial charge on any atom is 0.160 e. The van der Waals surface area contributed by atoms with E-state index in [0.29, 0.717) is 17.9 Å². The highest BCUT2D eigenvalue weighted by Crippen LogP contribution is 2.67. The normalized spacial score (nSPS) is 26.6. The standard InChI is InChI=1S/C40H42O8/c1-21-16-24(6-10-30(21)41)36-23(3)40(39(48-36)27-9-13-34(45-4)33(44)18-27)15-14-28-29(20-40)38(26-8-12-32(43)35(19-26)46-5)47-37(28)25-7-11-31(42)22(2)17-25/h6-13,16-19,23,36-39,41-44H,14-15,20H2,1-5H3/t23-,36+,37+,38-,39+,40+/m1/s1. The van der Waals surface area contributed by atoms with E-state index in [1.54, 1.807) is 30.3 Å². The Morgan fingerprint density at radius 3 is 1.85 bits per heavy atom. The summed E-state index contributed by atoms with van der Waals surface area (Å²) in [5, 5.41) is 41.9. The van der Waals surface area contributed by atoms with Gasteiger partial charge in [-0.15, -0.1) is 0 Å². The minimum absolute atomic E-state index is 0.0507. The van der Waals surface area contributed by atoms with Gasteiger partial charge in [-0.1, -0.05) is 31.2 Å². The Hall–Kier alpha value is -4.66. The lowest BCUT2D eigenvalue weighted by Gasteiger charge is -2.42. The predicted molar refractivity (Wildman–Crippen MR) is 181 cm³/mol. The number of hydrogen-bond acceptors (Lipinski definition) is 8. The Balaban J connectivity index is 1.37. The molecule has 1 aliphatic carbocycles. The van der Waals surface area contributed by atoms with Crippen molar-refractivity contribution in [2.75, 3.05) is 14.2 Å². The number of methoxy groups -OCH3 is 2. The van der Waals surface area contributed by atoms with Gasteiger partial charge in [0.15, 0.2) is 23.0 Å². The van der Waals surface area contributed by atoms with E-state index >= 15 is 0 Å². The van der Waals surface area contributed by atoms with Crippen LogP contribution in [-0.2, 0) is 9.47 Å². The van der Waals surface area contributed by atoms with E-state index in [9.17, 15) is 20.4 Å². The number of phenolic OH excluding ortho intramolecular Hbond substituents is 4. The number of hydrogen-bond donors (Lipinski definition) is 4. The molecule has 0 unspecified atom stereocenters. The summed E-state index contributed by atoms with van der Waals surface area (Å²) < 4.78 is 24.9. The lowest BCUT2D eigenvalue weighted by Crippen LogP contribution is -2.34. The highest BCUT2D eigenvalue weighted by atomic mass is 16.5. The van der Waals surface area contributed by atoms with Gasteiger partial charge < -0.3 is 39.4 Å². The molecule has 8 heteroatoms. The summed E-state index contributed by atoms with van der Waals surface area (Å²) in [6.07, 6.45) is 0.930. The van der Waals surface area contributed by atoms with Crippen molar-refractivity contribution in [3.63, 3.8) is 0 Å². The van der Waals surface area contributed by atoms with Gasteiger partial charge in [-0.3, -0.25) is 0 Å². The van der Waals surface area contributed by atoms with Crippen molar-refractivity contribution in [2.45, 2.75) is 64.4 Å². The minimum Gasteiger partial charge on any atom is -0.508 e. The molecule has 6 atom stereocenters. The molecule has 48 heavy (non-hydrogen) atoms. The van der Waals surface area contributed by atoms with Crippen molar-refractivity contribution in [2.24, 2.45) is 11.3 Å². The van der Waals surface area contributed by atoms with Crippen LogP contribution in [-0.4, -0.2) is 34.6 Å². The summed E-state index contributed by atoms with van der Waals surface area (Å²) >= 11 is 0. The Labute approximate surface area is 280 Å². The fourth-order valence-electron chi connectivity index (χ4n) is 8.26. The van der Waals surface area contributed by atoms with E-state index in [-0.39, 0.29) is 52.6 Å². The molecule has 4 aromatic carbocycles.